The van der Waals surface area contributed by atoms with Crippen molar-refractivity contribution in [1.82, 2.24) is 0 Å². The van der Waals surface area contributed by atoms with E-state index in [0.717, 1.165) is 0 Å². The van der Waals surface area contributed by atoms with Crippen LogP contribution in [0, 0.1) is 6.57 Å². The maximum Gasteiger partial charge on any atom is 0.187 e. The van der Waals surface area contributed by atoms with Crippen LogP contribution in [0.4, 0.5) is 9.57 Å². The lowest BCUT2D eigenvalue weighted by Crippen LogP contribution is -1.63. The largest absolute Gasteiger partial charge is 0.238 e. The summed E-state index contributed by atoms with van der Waals surface area (Å²) in [4.78, 5) is 3.70. The lowest BCUT2D eigenvalue weighted by atomic mass is 10.3. The third-order valence-electron chi connectivity index (χ3n) is 1.05. The first-order chi connectivity index (χ1) is 4.86. The minimum absolute atomic E-state index is 0.185. The van der Waals surface area contributed by atoms with Gasteiger partial charge in [-0.3, -0.25) is 0 Å². The summed E-state index contributed by atoms with van der Waals surface area (Å²) >= 11 is 0.185. The maximum atomic E-state index is 11.8. The van der Waals surface area contributed by atoms with Gasteiger partial charge in [0.25, 0.3) is 0 Å². The Labute approximate surface area is 63.0 Å². The Morgan fingerprint density at radius 3 is 2.30 bits per heavy atom. The van der Waals surface area contributed by atoms with Gasteiger partial charge in [0.15, 0.2) is 5.69 Å². The van der Waals surface area contributed by atoms with E-state index in [9.17, 15) is 3.89 Å². The van der Waals surface area contributed by atoms with Crippen LogP contribution < -0.4 is 0 Å². The summed E-state index contributed by atoms with van der Waals surface area (Å²) in [6.45, 7) is 6.60. The summed E-state index contributed by atoms with van der Waals surface area (Å²) in [7, 11) is 0. The zero-order valence-corrected chi connectivity index (χ0v) is 5.86. The van der Waals surface area contributed by atoms with Gasteiger partial charge in [0.2, 0.25) is 0 Å². The van der Waals surface area contributed by atoms with Crippen LogP contribution in [0.3, 0.4) is 0 Å². The molecular weight excluding hydrogens is 149 g/mol. The molecule has 0 heterocycles. The summed E-state index contributed by atoms with van der Waals surface area (Å²) in [6.07, 6.45) is 0. The van der Waals surface area contributed by atoms with E-state index in [4.69, 9.17) is 6.57 Å². The average molecular weight is 153 g/mol. The molecule has 0 saturated carbocycles. The number of hydrogen-bond donors (Lipinski definition) is 0. The van der Waals surface area contributed by atoms with Crippen LogP contribution in [0.15, 0.2) is 29.2 Å². The van der Waals surface area contributed by atoms with Gasteiger partial charge in [0, 0.05) is 4.90 Å². The van der Waals surface area contributed by atoms with Gasteiger partial charge in [-0.2, -0.15) is 3.89 Å². The summed E-state index contributed by atoms with van der Waals surface area (Å²) in [5.74, 6) is 0. The van der Waals surface area contributed by atoms with Gasteiger partial charge in [-0.15, -0.1) is 0 Å². The molecule has 0 unspecified atom stereocenters. The highest BCUT2D eigenvalue weighted by atomic mass is 32.2. The molecule has 0 aliphatic rings. The molecule has 0 aromatic heterocycles. The van der Waals surface area contributed by atoms with E-state index in [1.807, 2.05) is 0 Å². The van der Waals surface area contributed by atoms with Crippen LogP contribution in [-0.2, 0) is 0 Å². The Morgan fingerprint density at radius 2 is 1.90 bits per heavy atom. The van der Waals surface area contributed by atoms with Gasteiger partial charge in [-0.1, -0.05) is 24.3 Å². The molecule has 3 heteroatoms. The second kappa shape index (κ2) is 3.23. The molecule has 0 bridgehead atoms. The van der Waals surface area contributed by atoms with E-state index in [1.54, 1.807) is 24.3 Å². The first-order valence-corrected chi connectivity index (χ1v) is 3.34. The highest BCUT2D eigenvalue weighted by Crippen LogP contribution is 2.21. The first kappa shape index (κ1) is 7.10. The molecule has 1 aromatic carbocycles. The summed E-state index contributed by atoms with van der Waals surface area (Å²) in [5.41, 5.74) is 0.540. The van der Waals surface area contributed by atoms with Crippen LogP contribution in [0.5, 0.6) is 0 Å². The quantitative estimate of drug-likeness (QED) is 0.560. The Hall–Kier alpha value is -1.01. The minimum atomic E-state index is 0.185. The smallest absolute Gasteiger partial charge is 0.187 e. The molecule has 10 heavy (non-hydrogen) atoms. The molecule has 1 nitrogen and oxygen atoms in total. The van der Waals surface area contributed by atoms with Gasteiger partial charge < -0.3 is 0 Å². The third-order valence-corrected chi connectivity index (χ3v) is 1.51. The van der Waals surface area contributed by atoms with Gasteiger partial charge in [0.05, 0.1) is 18.7 Å². The van der Waals surface area contributed by atoms with Crippen LogP contribution in [0.1, 0.15) is 0 Å². The second-order valence-electron chi connectivity index (χ2n) is 1.68. The lowest BCUT2D eigenvalue weighted by Gasteiger charge is -1.89. The highest BCUT2D eigenvalue weighted by Gasteiger charge is 1.91. The molecule has 0 spiro atoms. The summed E-state index contributed by atoms with van der Waals surface area (Å²) in [5, 5.41) is 0. The van der Waals surface area contributed by atoms with Crippen molar-refractivity contribution < 1.29 is 3.89 Å². The fourth-order valence-electron chi connectivity index (χ4n) is 0.572. The van der Waals surface area contributed by atoms with E-state index in [0.29, 0.717) is 10.6 Å². The zero-order chi connectivity index (χ0) is 7.40. The van der Waals surface area contributed by atoms with E-state index in [2.05, 4.69) is 4.85 Å². The molecule has 50 valence electrons. The molecule has 0 saturated heterocycles. The highest BCUT2D eigenvalue weighted by molar-refractivity contribution is 7.94. The van der Waals surface area contributed by atoms with E-state index in [1.165, 1.54) is 0 Å². The van der Waals surface area contributed by atoms with Crippen molar-refractivity contribution in [3.63, 3.8) is 0 Å². The fraction of sp³-hybridized carbons (Fsp3) is 0. The van der Waals surface area contributed by atoms with E-state index in [-0.39, 0.29) is 12.1 Å². The Balaban J connectivity index is 2.93. The third kappa shape index (κ3) is 1.49. The Kier molecular flexibility index (Phi) is 2.30. The Bertz CT molecular complexity index is 249. The molecule has 1 rings (SSSR count). The SMILES string of the molecule is [C-]#[N+]c1ccc(SF)cc1. The van der Waals surface area contributed by atoms with Gasteiger partial charge in [-0.05, 0) is 0 Å². The minimum Gasteiger partial charge on any atom is -0.238 e. The molecule has 0 aliphatic heterocycles. The predicted molar refractivity (Wildman–Crippen MR) is 39.7 cm³/mol. The molecule has 0 radical (unpaired) electrons. The van der Waals surface area contributed by atoms with Gasteiger partial charge >= 0.3 is 0 Å². The van der Waals surface area contributed by atoms with Crippen LogP contribution in [0.2, 0.25) is 0 Å². The lowest BCUT2D eigenvalue weighted by molar-refractivity contribution is 0.934. The van der Waals surface area contributed by atoms with Crippen molar-refractivity contribution in [2.75, 3.05) is 0 Å². The first-order valence-electron chi connectivity index (χ1n) is 2.63. The van der Waals surface area contributed by atoms with E-state index >= 15 is 0 Å². The molecular formula is C7H4FNS. The molecule has 0 aliphatic carbocycles. The van der Waals surface area contributed by atoms with Crippen molar-refractivity contribution in [1.29, 1.82) is 0 Å². The van der Waals surface area contributed by atoms with Crippen molar-refractivity contribution in [3.05, 3.63) is 35.7 Å². The zero-order valence-electron chi connectivity index (χ0n) is 5.04. The molecule has 0 atom stereocenters. The number of hydrogen-bond acceptors (Lipinski definition) is 1. The number of halogens is 1. The molecule has 0 fully saturated rings. The number of rotatable bonds is 1. The van der Waals surface area contributed by atoms with Crippen molar-refractivity contribution in [2.45, 2.75) is 4.90 Å². The van der Waals surface area contributed by atoms with Crippen molar-refractivity contribution >= 4 is 17.8 Å². The van der Waals surface area contributed by atoms with Crippen molar-refractivity contribution in [2.24, 2.45) is 0 Å². The standard InChI is InChI=1S/C7H4FNS/c1-9-6-2-4-7(10-8)5-3-6/h2-5H. The van der Waals surface area contributed by atoms with Gasteiger partial charge in [-0.25, -0.2) is 4.85 Å². The van der Waals surface area contributed by atoms with Gasteiger partial charge in [0.1, 0.15) is 0 Å². The second-order valence-corrected chi connectivity index (χ2v) is 2.31. The predicted octanol–water partition coefficient (Wildman–Crippen LogP) is 3.21. The normalized spacial score (nSPS) is 8.80. The number of benzene rings is 1. The Morgan fingerprint density at radius 1 is 1.30 bits per heavy atom. The summed E-state index contributed by atoms with van der Waals surface area (Å²) < 4.78 is 11.8. The molecule has 1 aromatic rings. The van der Waals surface area contributed by atoms with Crippen LogP contribution in [0.25, 0.3) is 4.85 Å². The monoisotopic (exact) mass is 153 g/mol. The summed E-state index contributed by atoms with van der Waals surface area (Å²) in [6, 6.07) is 6.35. The maximum absolute atomic E-state index is 11.8. The van der Waals surface area contributed by atoms with Crippen LogP contribution >= 0.6 is 12.1 Å². The van der Waals surface area contributed by atoms with Crippen molar-refractivity contribution in [3.8, 4) is 0 Å². The fourth-order valence-corrected chi connectivity index (χ4v) is 0.811. The van der Waals surface area contributed by atoms with E-state index < -0.39 is 0 Å². The topological polar surface area (TPSA) is 4.36 Å². The number of nitrogens with zero attached hydrogens (tertiary/aromatic N) is 1. The van der Waals surface area contributed by atoms with Crippen LogP contribution in [-0.4, -0.2) is 0 Å². The average Bonchev–Trinajstić information content (AvgIpc) is 2.05. The molecule has 0 N–H and O–H groups in total. The molecule has 0 amide bonds.